The van der Waals surface area contributed by atoms with Crippen LogP contribution in [-0.4, -0.2) is 77.2 Å². The molecule has 3 heterocycles. The third-order valence-electron chi connectivity index (χ3n) is 5.23. The summed E-state index contributed by atoms with van der Waals surface area (Å²) in [7, 11) is 0. The van der Waals surface area contributed by atoms with E-state index < -0.39 is 0 Å². The summed E-state index contributed by atoms with van der Waals surface area (Å²) in [5.74, 6) is 2.01. The standard InChI is InChI=1S/C19H34N6O2/c1-3-18-23-22-15-25(18)12-9-21-19(20-4-2)24-10-7-16(8-11-24)27-14-17-6-5-13-26-17/h15-17H,3-14H2,1-2H3,(H,20,21). The summed E-state index contributed by atoms with van der Waals surface area (Å²) in [4.78, 5) is 7.17. The van der Waals surface area contributed by atoms with Crippen LogP contribution in [0.3, 0.4) is 0 Å². The molecule has 0 saturated carbocycles. The molecule has 2 saturated heterocycles. The monoisotopic (exact) mass is 378 g/mol. The first kappa shape index (κ1) is 20.1. The highest BCUT2D eigenvalue weighted by atomic mass is 16.5. The van der Waals surface area contributed by atoms with Crippen molar-refractivity contribution in [2.75, 3.05) is 39.4 Å². The number of nitrogens with zero attached hydrogens (tertiary/aromatic N) is 5. The first-order chi connectivity index (χ1) is 13.3. The number of piperidine rings is 1. The fraction of sp³-hybridized carbons (Fsp3) is 0.842. The molecular formula is C19H34N6O2. The van der Waals surface area contributed by atoms with E-state index in [0.717, 1.165) is 83.4 Å². The number of nitrogens with one attached hydrogen (secondary N) is 1. The normalized spacial score (nSPS) is 21.8. The molecule has 2 fully saturated rings. The van der Waals surface area contributed by atoms with Crippen molar-refractivity contribution in [2.45, 2.75) is 64.7 Å². The zero-order valence-corrected chi connectivity index (χ0v) is 16.8. The molecule has 0 aromatic carbocycles. The molecule has 2 aliphatic heterocycles. The van der Waals surface area contributed by atoms with Crippen molar-refractivity contribution in [2.24, 2.45) is 4.99 Å². The maximum absolute atomic E-state index is 6.08. The van der Waals surface area contributed by atoms with Crippen molar-refractivity contribution in [1.29, 1.82) is 0 Å². The Kier molecular flexibility index (Phi) is 7.89. The summed E-state index contributed by atoms with van der Waals surface area (Å²) in [5.41, 5.74) is 0. The number of ether oxygens (including phenoxy) is 2. The quantitative estimate of drug-likeness (QED) is 0.545. The Morgan fingerprint density at radius 1 is 1.33 bits per heavy atom. The van der Waals surface area contributed by atoms with Crippen LogP contribution in [0.1, 0.15) is 45.4 Å². The second-order valence-corrected chi connectivity index (χ2v) is 7.18. The number of hydrogen-bond donors (Lipinski definition) is 1. The molecule has 1 unspecified atom stereocenters. The van der Waals surface area contributed by atoms with Gasteiger partial charge in [0.1, 0.15) is 12.2 Å². The Labute approximate surface area is 162 Å². The largest absolute Gasteiger partial charge is 0.376 e. The van der Waals surface area contributed by atoms with Crippen molar-refractivity contribution in [3.05, 3.63) is 12.2 Å². The molecule has 0 aliphatic carbocycles. The van der Waals surface area contributed by atoms with Crippen LogP contribution in [0.25, 0.3) is 0 Å². The second-order valence-electron chi connectivity index (χ2n) is 7.18. The predicted octanol–water partition coefficient (Wildman–Crippen LogP) is 1.47. The number of hydrogen-bond acceptors (Lipinski definition) is 5. The summed E-state index contributed by atoms with van der Waals surface area (Å²) in [6.45, 7) is 10.2. The molecule has 1 N–H and O–H groups in total. The minimum atomic E-state index is 0.313. The minimum Gasteiger partial charge on any atom is -0.376 e. The van der Waals surface area contributed by atoms with Gasteiger partial charge in [0.25, 0.3) is 0 Å². The van der Waals surface area contributed by atoms with Crippen molar-refractivity contribution in [1.82, 2.24) is 25.0 Å². The van der Waals surface area contributed by atoms with E-state index in [2.05, 4.69) is 38.8 Å². The van der Waals surface area contributed by atoms with Gasteiger partial charge in [0.05, 0.1) is 25.4 Å². The van der Waals surface area contributed by atoms with E-state index in [1.807, 2.05) is 0 Å². The molecule has 8 heteroatoms. The van der Waals surface area contributed by atoms with Gasteiger partial charge in [-0.15, -0.1) is 10.2 Å². The van der Waals surface area contributed by atoms with Gasteiger partial charge in [-0.2, -0.15) is 0 Å². The molecule has 0 amide bonds. The highest BCUT2D eigenvalue weighted by Gasteiger charge is 2.24. The molecule has 152 valence electrons. The van der Waals surface area contributed by atoms with Gasteiger partial charge in [0, 0.05) is 39.2 Å². The SMILES string of the molecule is CCNC(=NCCn1cnnc1CC)N1CCC(OCC2CCCO2)CC1. The summed E-state index contributed by atoms with van der Waals surface area (Å²) in [6, 6.07) is 0. The summed E-state index contributed by atoms with van der Waals surface area (Å²) >= 11 is 0. The van der Waals surface area contributed by atoms with Gasteiger partial charge in [-0.25, -0.2) is 0 Å². The molecule has 1 atom stereocenters. The third kappa shape index (κ3) is 5.90. The topological polar surface area (TPSA) is 76.8 Å². The first-order valence-corrected chi connectivity index (χ1v) is 10.4. The maximum Gasteiger partial charge on any atom is 0.193 e. The lowest BCUT2D eigenvalue weighted by Crippen LogP contribution is -2.47. The van der Waals surface area contributed by atoms with Crippen LogP contribution in [0.4, 0.5) is 0 Å². The molecule has 0 radical (unpaired) electrons. The zero-order chi connectivity index (χ0) is 18.9. The van der Waals surface area contributed by atoms with Crippen LogP contribution in [0.15, 0.2) is 11.3 Å². The van der Waals surface area contributed by atoms with Crippen molar-refractivity contribution < 1.29 is 9.47 Å². The van der Waals surface area contributed by atoms with Crippen LogP contribution in [-0.2, 0) is 22.4 Å². The predicted molar refractivity (Wildman–Crippen MR) is 105 cm³/mol. The Balaban J connectivity index is 1.44. The van der Waals surface area contributed by atoms with Crippen LogP contribution < -0.4 is 5.32 Å². The van der Waals surface area contributed by atoms with Gasteiger partial charge < -0.3 is 24.3 Å². The molecule has 3 rings (SSSR count). The Bertz CT molecular complexity index is 577. The fourth-order valence-corrected chi connectivity index (χ4v) is 3.68. The van der Waals surface area contributed by atoms with Crippen LogP contribution in [0.2, 0.25) is 0 Å². The van der Waals surface area contributed by atoms with Crippen LogP contribution in [0, 0.1) is 0 Å². The van der Waals surface area contributed by atoms with E-state index in [4.69, 9.17) is 14.5 Å². The van der Waals surface area contributed by atoms with Gasteiger partial charge in [0.15, 0.2) is 5.96 Å². The van der Waals surface area contributed by atoms with Crippen molar-refractivity contribution in [3.63, 3.8) is 0 Å². The number of rotatable bonds is 8. The van der Waals surface area contributed by atoms with Gasteiger partial charge in [-0.1, -0.05) is 6.92 Å². The molecule has 1 aromatic heterocycles. The third-order valence-corrected chi connectivity index (χ3v) is 5.23. The minimum absolute atomic E-state index is 0.313. The average Bonchev–Trinajstić information content (AvgIpc) is 3.38. The number of guanidine groups is 1. The summed E-state index contributed by atoms with van der Waals surface area (Å²) in [5, 5.41) is 11.5. The lowest BCUT2D eigenvalue weighted by atomic mass is 10.1. The van der Waals surface area contributed by atoms with E-state index in [1.165, 1.54) is 6.42 Å². The lowest BCUT2D eigenvalue weighted by molar-refractivity contribution is -0.0367. The van der Waals surface area contributed by atoms with Crippen molar-refractivity contribution in [3.8, 4) is 0 Å². The lowest BCUT2D eigenvalue weighted by Gasteiger charge is -2.34. The van der Waals surface area contributed by atoms with Gasteiger partial charge in [-0.3, -0.25) is 4.99 Å². The molecule has 0 spiro atoms. The fourth-order valence-electron chi connectivity index (χ4n) is 3.68. The zero-order valence-electron chi connectivity index (χ0n) is 16.8. The number of aliphatic imine (C=N–C) groups is 1. The molecule has 8 nitrogen and oxygen atoms in total. The van der Waals surface area contributed by atoms with Crippen molar-refractivity contribution >= 4 is 5.96 Å². The van der Waals surface area contributed by atoms with E-state index in [-0.39, 0.29) is 0 Å². The summed E-state index contributed by atoms with van der Waals surface area (Å²) in [6.07, 6.45) is 7.74. The van der Waals surface area contributed by atoms with Gasteiger partial charge >= 0.3 is 0 Å². The molecule has 0 bridgehead atoms. The van der Waals surface area contributed by atoms with Crippen LogP contribution in [0.5, 0.6) is 0 Å². The highest BCUT2D eigenvalue weighted by Crippen LogP contribution is 2.17. The van der Waals surface area contributed by atoms with E-state index in [9.17, 15) is 0 Å². The van der Waals surface area contributed by atoms with E-state index in [1.54, 1.807) is 6.33 Å². The van der Waals surface area contributed by atoms with Gasteiger partial charge in [-0.05, 0) is 32.6 Å². The number of aryl methyl sites for hydroxylation is 1. The second kappa shape index (κ2) is 10.6. The van der Waals surface area contributed by atoms with Crippen LogP contribution >= 0.6 is 0 Å². The molecule has 1 aromatic rings. The molecular weight excluding hydrogens is 344 g/mol. The first-order valence-electron chi connectivity index (χ1n) is 10.4. The Morgan fingerprint density at radius 2 is 2.19 bits per heavy atom. The van der Waals surface area contributed by atoms with Gasteiger partial charge in [0.2, 0.25) is 0 Å². The van der Waals surface area contributed by atoms with E-state index in [0.29, 0.717) is 12.2 Å². The Morgan fingerprint density at radius 3 is 2.89 bits per heavy atom. The Hall–Kier alpha value is -1.67. The van der Waals surface area contributed by atoms with E-state index >= 15 is 0 Å². The number of likely N-dealkylation sites (tertiary alicyclic amines) is 1. The highest BCUT2D eigenvalue weighted by molar-refractivity contribution is 5.80. The summed E-state index contributed by atoms with van der Waals surface area (Å²) < 4.78 is 13.8. The molecule has 2 aliphatic rings. The maximum atomic E-state index is 6.08. The number of aromatic nitrogens is 3. The smallest absolute Gasteiger partial charge is 0.193 e. The molecule has 27 heavy (non-hydrogen) atoms. The average molecular weight is 379 g/mol.